The monoisotopic (exact) mass is 390 g/mol. The van der Waals surface area contributed by atoms with E-state index >= 15 is 0 Å². The first kappa shape index (κ1) is 22.4. The van der Waals surface area contributed by atoms with Gasteiger partial charge in [-0.25, -0.2) is 4.98 Å². The van der Waals surface area contributed by atoms with Crippen LogP contribution in [0.2, 0.25) is 5.15 Å². The Bertz CT molecular complexity index is 821. The molecule has 0 saturated heterocycles. The van der Waals surface area contributed by atoms with Crippen molar-refractivity contribution in [3.8, 4) is 0 Å². The van der Waals surface area contributed by atoms with Gasteiger partial charge in [0.15, 0.2) is 5.65 Å². The molecule has 0 atom stereocenters. The topological polar surface area (TPSA) is 59.7 Å². The van der Waals surface area contributed by atoms with E-state index in [0.29, 0.717) is 18.2 Å². The minimum Gasteiger partial charge on any atom is -0.468 e. The fourth-order valence-electron chi connectivity index (χ4n) is 2.31. The third-order valence-electron chi connectivity index (χ3n) is 3.49. The quantitative estimate of drug-likeness (QED) is 0.473. The summed E-state index contributed by atoms with van der Waals surface area (Å²) in [6, 6.07) is 12.1. The van der Waals surface area contributed by atoms with E-state index in [1.165, 1.54) is 5.56 Å². The molecular weight excluding hydrogens is 364 g/mol. The fourth-order valence-corrected chi connectivity index (χ4v) is 2.48. The van der Waals surface area contributed by atoms with Crippen LogP contribution in [0.1, 0.15) is 31.9 Å². The number of hydrogen-bond acceptors (Lipinski definition) is 5. The Balaban J connectivity index is 0.000000454. The third kappa shape index (κ3) is 6.57. The molecule has 3 aromatic rings. The molecule has 7 heteroatoms. The van der Waals surface area contributed by atoms with Gasteiger partial charge in [-0.05, 0) is 19.4 Å². The maximum atomic E-state index is 9.18. The summed E-state index contributed by atoms with van der Waals surface area (Å²) in [6.45, 7) is 9.43. The number of nitrogens with zero attached hydrogens (tertiary/aromatic N) is 4. The third-order valence-corrected chi connectivity index (χ3v) is 3.68. The normalized spacial score (nSPS) is 9.56. The second kappa shape index (κ2) is 11.9. The van der Waals surface area contributed by atoms with Crippen molar-refractivity contribution < 1.29 is 9.53 Å². The summed E-state index contributed by atoms with van der Waals surface area (Å²) in [6.07, 6.45) is 1.80. The molecule has 0 radical (unpaired) electrons. The van der Waals surface area contributed by atoms with E-state index in [4.69, 9.17) is 11.6 Å². The molecule has 0 amide bonds. The highest BCUT2D eigenvalue weighted by atomic mass is 35.5. The van der Waals surface area contributed by atoms with Crippen LogP contribution in [0.25, 0.3) is 5.65 Å². The number of carbonyl (C=O) groups excluding carboxylic acids is 1. The molecule has 27 heavy (non-hydrogen) atoms. The van der Waals surface area contributed by atoms with E-state index in [0.717, 1.165) is 23.6 Å². The van der Waals surface area contributed by atoms with E-state index < -0.39 is 0 Å². The minimum absolute atomic E-state index is 0.431. The molecule has 6 nitrogen and oxygen atoms in total. The van der Waals surface area contributed by atoms with Crippen LogP contribution in [0.3, 0.4) is 0 Å². The number of fused-ring (bicyclic) bond motifs is 1. The molecule has 0 unspecified atom stereocenters. The zero-order chi connectivity index (χ0) is 20.2. The molecule has 1 aromatic carbocycles. The summed E-state index contributed by atoms with van der Waals surface area (Å²) in [5.74, 6) is 0.928. The van der Waals surface area contributed by atoms with Crippen molar-refractivity contribution in [2.24, 2.45) is 0 Å². The van der Waals surface area contributed by atoms with E-state index in [-0.39, 0.29) is 0 Å². The Morgan fingerprint density at radius 1 is 1.26 bits per heavy atom. The molecule has 0 N–H and O–H groups in total. The van der Waals surface area contributed by atoms with Crippen LogP contribution < -0.4 is 4.90 Å². The molecule has 2 heterocycles. The number of ether oxygens (including phenoxy) is 1. The molecule has 0 bridgehead atoms. The summed E-state index contributed by atoms with van der Waals surface area (Å²) >= 11 is 6.12. The van der Waals surface area contributed by atoms with Crippen molar-refractivity contribution in [1.82, 2.24) is 14.6 Å². The summed E-state index contributed by atoms with van der Waals surface area (Å²) in [5.41, 5.74) is 3.05. The minimum atomic E-state index is 0.431. The van der Waals surface area contributed by atoms with Gasteiger partial charge in [-0.2, -0.15) is 9.61 Å². The number of aryl methyl sites for hydroxylation is 1. The van der Waals surface area contributed by atoms with Gasteiger partial charge in [-0.15, -0.1) is 0 Å². The highest BCUT2D eigenvalue weighted by Gasteiger charge is 2.12. The van der Waals surface area contributed by atoms with Gasteiger partial charge in [0.2, 0.25) is 0 Å². The van der Waals surface area contributed by atoms with Crippen molar-refractivity contribution in [2.75, 3.05) is 18.6 Å². The van der Waals surface area contributed by atoms with Crippen molar-refractivity contribution in [3.63, 3.8) is 0 Å². The van der Waals surface area contributed by atoms with Crippen LogP contribution >= 0.6 is 11.6 Å². The lowest BCUT2D eigenvalue weighted by molar-refractivity contribution is -0.128. The molecule has 0 aliphatic carbocycles. The largest absolute Gasteiger partial charge is 0.468 e. The fraction of sp³-hybridized carbons (Fsp3) is 0.350. The maximum Gasteiger partial charge on any atom is 0.293 e. The number of hydrogen-bond donors (Lipinski definition) is 0. The Kier molecular flexibility index (Phi) is 9.90. The summed E-state index contributed by atoms with van der Waals surface area (Å²) in [7, 11) is 2.02. The smallest absolute Gasteiger partial charge is 0.293 e. The first-order valence-corrected chi connectivity index (χ1v) is 9.25. The molecular formula is C20H27ClN4O2. The van der Waals surface area contributed by atoms with E-state index in [1.54, 1.807) is 13.1 Å². The first-order chi connectivity index (χ1) is 13.1. The van der Waals surface area contributed by atoms with Crippen LogP contribution in [-0.2, 0) is 16.1 Å². The highest BCUT2D eigenvalue weighted by Crippen LogP contribution is 2.22. The van der Waals surface area contributed by atoms with Crippen LogP contribution in [0.4, 0.5) is 5.82 Å². The van der Waals surface area contributed by atoms with Crippen LogP contribution in [0, 0.1) is 6.92 Å². The summed E-state index contributed by atoms with van der Waals surface area (Å²) in [5, 5.41) is 4.86. The second-order valence-electron chi connectivity index (χ2n) is 5.39. The van der Waals surface area contributed by atoms with Crippen LogP contribution in [0.15, 0.2) is 42.6 Å². The lowest BCUT2D eigenvalue weighted by Gasteiger charge is -2.20. The lowest BCUT2D eigenvalue weighted by atomic mass is 10.2. The summed E-state index contributed by atoms with van der Waals surface area (Å²) < 4.78 is 5.98. The number of aromatic nitrogens is 3. The van der Waals surface area contributed by atoms with Gasteiger partial charge >= 0.3 is 0 Å². The van der Waals surface area contributed by atoms with Crippen molar-refractivity contribution in [2.45, 2.75) is 34.2 Å². The molecule has 0 saturated carbocycles. The van der Waals surface area contributed by atoms with Gasteiger partial charge in [-0.1, -0.05) is 55.8 Å². The second-order valence-corrected chi connectivity index (χ2v) is 5.78. The van der Waals surface area contributed by atoms with Crippen LogP contribution in [-0.4, -0.2) is 34.7 Å². The highest BCUT2D eigenvalue weighted by molar-refractivity contribution is 6.29. The standard InChI is InChI=1S/C15H15ClN4.C3H6O2.C2H6/c1-11-9-17-20-14(8-13(16)18-15(11)20)19(2)10-12-6-4-3-5-7-12;1-2-5-3-4;1-2/h3-9H,10H2,1-2H3;3H,2H2,1H3;1-2H3. The molecule has 146 valence electrons. The molecule has 3 rings (SSSR count). The lowest BCUT2D eigenvalue weighted by Crippen LogP contribution is -2.20. The first-order valence-electron chi connectivity index (χ1n) is 8.88. The van der Waals surface area contributed by atoms with Crippen LogP contribution in [0.5, 0.6) is 0 Å². The predicted molar refractivity (Wildman–Crippen MR) is 110 cm³/mol. The number of halogens is 1. The zero-order valence-electron chi connectivity index (χ0n) is 16.5. The maximum absolute atomic E-state index is 9.18. The van der Waals surface area contributed by atoms with Gasteiger partial charge in [0, 0.05) is 25.2 Å². The van der Waals surface area contributed by atoms with Crippen molar-refractivity contribution in [3.05, 3.63) is 58.9 Å². The molecule has 0 fully saturated rings. The van der Waals surface area contributed by atoms with Crippen molar-refractivity contribution >= 4 is 29.5 Å². The average Bonchev–Trinajstić information content (AvgIpc) is 3.05. The Morgan fingerprint density at radius 2 is 1.93 bits per heavy atom. The van der Waals surface area contributed by atoms with Gasteiger partial charge in [0.1, 0.15) is 11.0 Å². The number of rotatable bonds is 5. The zero-order valence-corrected chi connectivity index (χ0v) is 17.3. The Hall–Kier alpha value is -2.60. The molecule has 0 spiro atoms. The van der Waals surface area contributed by atoms with E-state index in [2.05, 4.69) is 31.9 Å². The molecule has 0 aliphatic heterocycles. The molecule has 2 aromatic heterocycles. The number of carbonyl (C=O) groups is 1. The number of benzene rings is 1. The Morgan fingerprint density at radius 3 is 2.48 bits per heavy atom. The van der Waals surface area contributed by atoms with E-state index in [9.17, 15) is 4.79 Å². The molecule has 0 aliphatic rings. The van der Waals surface area contributed by atoms with Crippen molar-refractivity contribution in [1.29, 1.82) is 0 Å². The van der Waals surface area contributed by atoms with E-state index in [1.807, 2.05) is 56.6 Å². The van der Waals surface area contributed by atoms with Gasteiger partial charge < -0.3 is 9.64 Å². The van der Waals surface area contributed by atoms with Gasteiger partial charge in [0.05, 0.1) is 12.8 Å². The summed E-state index contributed by atoms with van der Waals surface area (Å²) in [4.78, 5) is 15.6. The predicted octanol–water partition coefficient (Wildman–Crippen LogP) is 4.53. The Labute approximate surface area is 165 Å². The van der Waals surface area contributed by atoms with Gasteiger partial charge in [0.25, 0.3) is 6.47 Å². The SMILES string of the molecule is CC.CCOC=O.Cc1cnn2c(N(C)Cc3ccccc3)cc(Cl)nc12. The van der Waals surface area contributed by atoms with Gasteiger partial charge in [-0.3, -0.25) is 4.79 Å². The number of anilines is 1. The average molecular weight is 391 g/mol.